The normalized spacial score (nSPS) is 35.3. The molecule has 2 saturated heterocycles. The van der Waals surface area contributed by atoms with E-state index in [-0.39, 0.29) is 80.7 Å². The molecule has 1 saturated carbocycles. The van der Waals surface area contributed by atoms with Gasteiger partial charge in [-0.3, -0.25) is 19.2 Å². The van der Waals surface area contributed by atoms with E-state index in [9.17, 15) is 39.0 Å². The van der Waals surface area contributed by atoms with Crippen molar-refractivity contribution < 1.29 is 76.9 Å². The molecule has 2 bridgehead atoms. The number of aliphatic hydroxyl groups is 2. The van der Waals surface area contributed by atoms with Crippen LogP contribution in [0.5, 0.6) is 0 Å². The Balaban J connectivity index is 1.63. The van der Waals surface area contributed by atoms with Gasteiger partial charge in [0.2, 0.25) is 5.79 Å². The van der Waals surface area contributed by atoms with Gasteiger partial charge >= 0.3 is 12.1 Å². The van der Waals surface area contributed by atoms with Crippen molar-refractivity contribution >= 4 is 47.1 Å². The number of Topliss-reactive ketones (excluding diaryl/α,β-unsaturated/α-hetero) is 3. The minimum absolute atomic E-state index is 0.00469. The molecular weight excluding hydrogens is 987 g/mol. The average molecular weight is 1080 g/mol. The molecule has 3 heterocycles. The molecule has 3 aliphatic heterocycles. The molecule has 0 aromatic carbocycles. The lowest BCUT2D eigenvalue weighted by Gasteiger charge is -2.42. The van der Waals surface area contributed by atoms with Crippen LogP contribution in [0.25, 0.3) is 0 Å². The van der Waals surface area contributed by atoms with E-state index in [2.05, 4.69) is 0 Å². The van der Waals surface area contributed by atoms with Crippen molar-refractivity contribution in [3.05, 3.63) is 47.6 Å². The van der Waals surface area contributed by atoms with Crippen LogP contribution < -0.4 is 0 Å². The van der Waals surface area contributed by atoms with E-state index in [0.717, 1.165) is 12.0 Å². The van der Waals surface area contributed by atoms with E-state index in [1.807, 2.05) is 64.3 Å². The summed E-state index contributed by atoms with van der Waals surface area (Å²) in [5, 5.41) is 23.6. The lowest BCUT2D eigenvalue weighted by atomic mass is 9.78. The highest BCUT2D eigenvalue weighted by Gasteiger charge is 2.53. The lowest BCUT2D eigenvalue weighted by molar-refractivity contribution is -0.265. The van der Waals surface area contributed by atoms with Crippen molar-refractivity contribution in [1.82, 2.24) is 4.90 Å². The summed E-state index contributed by atoms with van der Waals surface area (Å²) >= 11 is 1.56. The molecule has 3 fully saturated rings. The first-order valence-corrected chi connectivity index (χ1v) is 28.5. The molecule has 75 heavy (non-hydrogen) atoms. The molecule has 0 unspecified atom stereocenters. The largest absolute Gasteiger partial charge is 0.508 e. The topological polar surface area (TPSA) is 220 Å². The molecule has 1 amide bonds. The monoisotopic (exact) mass is 1080 g/mol. The Morgan fingerprint density at radius 2 is 1.59 bits per heavy atom. The number of nitrogens with zero attached hydrogens (tertiary/aromatic N) is 1. The van der Waals surface area contributed by atoms with Gasteiger partial charge in [-0.25, -0.2) is 9.59 Å². The Kier molecular flexibility index (Phi) is 26.9. The standard InChI is InChI=1S/C57H89NO16S/c1-35-17-13-12-14-18-36(2)47(67-8)33-43-22-20-41(7)57(66,74-43)53(62)54(63)58-24-16-15-19-44(58)55(64)73-48(34-45(59)37(3)30-40(6)51(61)52(69-10)50(60)39(5)29-35)38(4)31-42-21-23-46(49(32-42)68-9)70-25-26-71-56(65)72-27-28-75-11/h12-14,17-18,30,35,37-39,41-44,46-49,51-52,61,66H,15-16,19-29,31-34H2,1-11H3/b14-12?,17-13+,36-18?,40-30+/t35-,37-,38-,39-,41-,42+,43+,44+,46-,47+,48+,49-,51-,52+,57-/m1/s1. The van der Waals surface area contributed by atoms with Gasteiger partial charge in [-0.05, 0) is 113 Å². The first-order valence-electron chi connectivity index (χ1n) is 27.1. The van der Waals surface area contributed by atoms with Gasteiger partial charge in [-0.15, -0.1) is 0 Å². The smallest absolute Gasteiger partial charge is 0.460 e. The fourth-order valence-electron chi connectivity index (χ4n) is 10.9. The third kappa shape index (κ3) is 18.7. The fraction of sp³-hybridized carbons (Fsp3) is 0.754. The van der Waals surface area contributed by atoms with E-state index in [4.69, 9.17) is 37.9 Å². The zero-order valence-corrected chi connectivity index (χ0v) is 47.3. The molecule has 1 aliphatic carbocycles. The molecule has 2 N–H and O–H groups in total. The zero-order valence-electron chi connectivity index (χ0n) is 46.5. The molecule has 15 atom stereocenters. The predicted octanol–water partition coefficient (Wildman–Crippen LogP) is 7.72. The van der Waals surface area contributed by atoms with E-state index < -0.39 is 83.9 Å². The Hall–Kier alpha value is -3.75. The Labute approximate surface area is 450 Å². The van der Waals surface area contributed by atoms with Crippen molar-refractivity contribution in [2.75, 3.05) is 59.7 Å². The SMILES string of the molecule is CO[C@H]1C[C@@H]2CC[C@@H](C)[C@@](O)(O2)C(=O)C(=O)N2CCCC[C@H]2C(=O)O[C@H]([C@H](C)C[C@@H]2CC[C@@H](OCCOC(=O)OCCSC)[C@H](OC)C2)CC(=O)[C@H](C)/C=C(\C)[C@@H](O)[C@@H](OC)C(=O)[C@H](C)C[C@H](C)/C=C/C=CC=C1C. The number of thioether (sulfide) groups is 1. The first kappa shape index (κ1) is 63.8. The number of rotatable bonds is 13. The van der Waals surface area contributed by atoms with Crippen LogP contribution in [0.2, 0.25) is 0 Å². The summed E-state index contributed by atoms with van der Waals surface area (Å²) in [6.45, 7) is 13.2. The Morgan fingerprint density at radius 1 is 0.853 bits per heavy atom. The van der Waals surface area contributed by atoms with Gasteiger partial charge in [0.05, 0.1) is 31.0 Å². The number of carbonyl (C=O) groups excluding carboxylic acids is 6. The summed E-state index contributed by atoms with van der Waals surface area (Å²) in [6.07, 6.45) is 12.6. The van der Waals surface area contributed by atoms with E-state index in [1.165, 1.54) is 12.0 Å². The second-order valence-corrected chi connectivity index (χ2v) is 22.4. The summed E-state index contributed by atoms with van der Waals surface area (Å²) in [7, 11) is 4.56. The number of ether oxygens (including phenoxy) is 8. The molecule has 424 valence electrons. The highest BCUT2D eigenvalue weighted by molar-refractivity contribution is 7.98. The van der Waals surface area contributed by atoms with Crippen molar-refractivity contribution in [2.45, 2.75) is 180 Å². The quantitative estimate of drug-likeness (QED) is 0.0780. The second kappa shape index (κ2) is 31.6. The predicted molar refractivity (Wildman–Crippen MR) is 285 cm³/mol. The van der Waals surface area contributed by atoms with Gasteiger partial charge in [0, 0.05) is 64.2 Å². The molecule has 0 aromatic heterocycles. The Morgan fingerprint density at radius 3 is 2.28 bits per heavy atom. The summed E-state index contributed by atoms with van der Waals surface area (Å²) in [5.74, 6) is -7.53. The van der Waals surface area contributed by atoms with E-state index in [0.29, 0.717) is 69.1 Å². The molecule has 17 nitrogen and oxygen atoms in total. The fourth-order valence-corrected chi connectivity index (χ4v) is 11.1. The van der Waals surface area contributed by atoms with Crippen molar-refractivity contribution in [3.8, 4) is 0 Å². The number of esters is 1. The average Bonchev–Trinajstić information content (AvgIpc) is 3.39. The van der Waals surface area contributed by atoms with Crippen molar-refractivity contribution in [3.63, 3.8) is 0 Å². The summed E-state index contributed by atoms with van der Waals surface area (Å²) < 4.78 is 46.2. The lowest BCUT2D eigenvalue weighted by Crippen LogP contribution is -2.61. The maximum atomic E-state index is 14.6. The molecule has 0 radical (unpaired) electrons. The van der Waals surface area contributed by atoms with Crippen LogP contribution >= 0.6 is 11.8 Å². The number of piperidine rings is 1. The maximum Gasteiger partial charge on any atom is 0.508 e. The van der Waals surface area contributed by atoms with Gasteiger partial charge in [-0.1, -0.05) is 71.1 Å². The number of aliphatic hydroxyl groups excluding tert-OH is 1. The van der Waals surface area contributed by atoms with Gasteiger partial charge < -0.3 is 53.0 Å². The van der Waals surface area contributed by atoms with Crippen LogP contribution in [0, 0.1) is 35.5 Å². The van der Waals surface area contributed by atoms with Crippen LogP contribution in [-0.2, 0) is 61.9 Å². The van der Waals surface area contributed by atoms with Crippen LogP contribution in [-0.4, -0.2) is 165 Å². The maximum absolute atomic E-state index is 14.6. The molecular formula is C57H89NO16S. The second-order valence-electron chi connectivity index (χ2n) is 21.4. The van der Waals surface area contributed by atoms with Gasteiger partial charge in [0.15, 0.2) is 5.78 Å². The number of allylic oxidation sites excluding steroid dienone is 6. The van der Waals surface area contributed by atoms with E-state index >= 15 is 0 Å². The third-order valence-electron chi connectivity index (χ3n) is 15.6. The van der Waals surface area contributed by atoms with Gasteiger partial charge in [0.1, 0.15) is 43.4 Å². The minimum atomic E-state index is -2.45. The number of fused-ring (bicyclic) bond motifs is 3. The van der Waals surface area contributed by atoms with Gasteiger partial charge in [0.25, 0.3) is 11.7 Å². The Bertz CT molecular complexity index is 2010. The number of hydrogen-bond acceptors (Lipinski definition) is 17. The number of carbonyl (C=O) groups is 6. The highest BCUT2D eigenvalue weighted by Crippen LogP contribution is 2.38. The number of cyclic esters (lactones) is 1. The number of hydrogen-bond donors (Lipinski definition) is 2. The summed E-state index contributed by atoms with van der Waals surface area (Å²) in [6, 6.07) is -1.17. The molecule has 4 aliphatic rings. The molecule has 4 rings (SSSR count). The number of amides is 1. The van der Waals surface area contributed by atoms with Crippen LogP contribution in [0.4, 0.5) is 4.79 Å². The van der Waals surface area contributed by atoms with Gasteiger partial charge in [-0.2, -0.15) is 11.8 Å². The van der Waals surface area contributed by atoms with Crippen LogP contribution in [0.1, 0.15) is 126 Å². The van der Waals surface area contributed by atoms with Crippen LogP contribution in [0.15, 0.2) is 47.6 Å². The third-order valence-corrected chi connectivity index (χ3v) is 16.2. The van der Waals surface area contributed by atoms with Crippen molar-refractivity contribution in [2.24, 2.45) is 35.5 Å². The minimum Gasteiger partial charge on any atom is -0.460 e. The number of methoxy groups -OCH3 is 3. The highest BCUT2D eigenvalue weighted by atomic mass is 32.2. The number of ketones is 3. The summed E-state index contributed by atoms with van der Waals surface area (Å²) in [4.78, 5) is 84.5. The molecule has 18 heteroatoms. The zero-order chi connectivity index (χ0) is 55.4. The van der Waals surface area contributed by atoms with Crippen molar-refractivity contribution in [1.29, 1.82) is 0 Å². The first-order chi connectivity index (χ1) is 35.7. The van der Waals surface area contributed by atoms with E-state index in [1.54, 1.807) is 52.8 Å². The molecule has 0 aromatic rings. The molecule has 0 spiro atoms. The summed E-state index contributed by atoms with van der Waals surface area (Å²) in [5.41, 5.74) is 1.25. The van der Waals surface area contributed by atoms with Crippen LogP contribution in [0.3, 0.4) is 0 Å².